The molecule has 0 atom stereocenters. The second kappa shape index (κ2) is 5.04. The lowest BCUT2D eigenvalue weighted by Crippen LogP contribution is -1.91. The van der Waals surface area contributed by atoms with Crippen molar-refractivity contribution >= 4 is 0 Å². The molecule has 0 amide bonds. The van der Waals surface area contributed by atoms with E-state index < -0.39 is 0 Å². The Morgan fingerprint density at radius 2 is 1.95 bits per heavy atom. The number of methoxy groups -OCH3 is 2. The van der Waals surface area contributed by atoms with Crippen molar-refractivity contribution in [3.05, 3.63) is 30.5 Å². The van der Waals surface area contributed by atoms with Gasteiger partial charge in [-0.2, -0.15) is 10.1 Å². The average molecular weight is 272 g/mol. The summed E-state index contributed by atoms with van der Waals surface area (Å²) in [5, 5.41) is 10.6. The van der Waals surface area contributed by atoms with Gasteiger partial charge in [0.1, 0.15) is 5.69 Å². The van der Waals surface area contributed by atoms with E-state index in [1.54, 1.807) is 38.6 Å². The highest BCUT2D eigenvalue weighted by Crippen LogP contribution is 2.31. The van der Waals surface area contributed by atoms with Crippen molar-refractivity contribution < 1.29 is 14.0 Å². The second-order valence-electron chi connectivity index (χ2n) is 3.96. The minimum atomic E-state index is 0.382. The van der Waals surface area contributed by atoms with Crippen LogP contribution in [0, 0.1) is 0 Å². The molecule has 102 valence electrons. The number of benzene rings is 1. The standard InChI is InChI=1S/C13H12N4O3/c1-18-10-4-3-8(7-11(10)19-2)12-15-13(20-17-12)9-5-6-14-16-9/h3-7H,1-2H3,(H,14,16). The first-order valence-corrected chi connectivity index (χ1v) is 5.87. The molecule has 2 heterocycles. The number of hydrogen-bond donors (Lipinski definition) is 1. The molecule has 0 bridgehead atoms. The van der Waals surface area contributed by atoms with Gasteiger partial charge in [0.05, 0.1) is 14.2 Å². The van der Waals surface area contributed by atoms with E-state index >= 15 is 0 Å². The third-order valence-electron chi connectivity index (χ3n) is 2.80. The van der Waals surface area contributed by atoms with Crippen LogP contribution in [0.1, 0.15) is 0 Å². The number of hydrogen-bond acceptors (Lipinski definition) is 6. The van der Waals surface area contributed by atoms with Crippen LogP contribution in [0.3, 0.4) is 0 Å². The topological polar surface area (TPSA) is 86.1 Å². The number of rotatable bonds is 4. The molecule has 2 aromatic heterocycles. The molecular formula is C13H12N4O3. The number of ether oxygens (including phenoxy) is 2. The zero-order valence-electron chi connectivity index (χ0n) is 11.0. The Morgan fingerprint density at radius 1 is 1.10 bits per heavy atom. The molecule has 0 saturated heterocycles. The third kappa shape index (κ3) is 2.09. The number of nitrogens with zero attached hydrogens (tertiary/aromatic N) is 3. The predicted octanol–water partition coefficient (Wildman–Crippen LogP) is 2.14. The maximum atomic E-state index is 5.25. The van der Waals surface area contributed by atoms with Crippen LogP contribution in [0.5, 0.6) is 11.5 Å². The molecule has 0 unspecified atom stereocenters. The highest BCUT2D eigenvalue weighted by atomic mass is 16.5. The minimum absolute atomic E-state index is 0.382. The Hall–Kier alpha value is -2.83. The summed E-state index contributed by atoms with van der Waals surface area (Å²) in [6.07, 6.45) is 1.62. The van der Waals surface area contributed by atoms with Crippen molar-refractivity contribution in [1.82, 2.24) is 20.3 Å². The summed E-state index contributed by atoms with van der Waals surface area (Å²) in [6, 6.07) is 7.18. The van der Waals surface area contributed by atoms with Crippen molar-refractivity contribution in [3.8, 4) is 34.5 Å². The van der Waals surface area contributed by atoms with Crippen molar-refractivity contribution in [3.63, 3.8) is 0 Å². The number of H-pyrrole nitrogens is 1. The van der Waals surface area contributed by atoms with Gasteiger partial charge in [0, 0.05) is 11.8 Å². The number of aromatic amines is 1. The van der Waals surface area contributed by atoms with Crippen LogP contribution in [-0.2, 0) is 0 Å². The summed E-state index contributed by atoms with van der Waals surface area (Å²) in [6.45, 7) is 0. The quantitative estimate of drug-likeness (QED) is 0.783. The van der Waals surface area contributed by atoms with E-state index in [0.29, 0.717) is 28.9 Å². The van der Waals surface area contributed by atoms with Gasteiger partial charge in [0.25, 0.3) is 5.89 Å². The van der Waals surface area contributed by atoms with Crippen molar-refractivity contribution in [2.75, 3.05) is 14.2 Å². The summed E-state index contributed by atoms with van der Waals surface area (Å²) in [5.41, 5.74) is 1.45. The first-order chi connectivity index (χ1) is 9.81. The van der Waals surface area contributed by atoms with Gasteiger partial charge in [0.15, 0.2) is 11.5 Å². The monoisotopic (exact) mass is 272 g/mol. The molecule has 0 aliphatic rings. The molecule has 7 heteroatoms. The molecule has 0 aliphatic carbocycles. The molecule has 0 aliphatic heterocycles. The fraction of sp³-hybridized carbons (Fsp3) is 0.154. The molecule has 3 aromatic rings. The molecule has 0 saturated carbocycles. The summed E-state index contributed by atoms with van der Waals surface area (Å²) in [7, 11) is 3.16. The molecule has 1 aromatic carbocycles. The van der Waals surface area contributed by atoms with E-state index in [1.807, 2.05) is 6.07 Å². The number of nitrogens with one attached hydrogen (secondary N) is 1. The van der Waals surface area contributed by atoms with Crippen LogP contribution < -0.4 is 9.47 Å². The van der Waals surface area contributed by atoms with Gasteiger partial charge in [-0.1, -0.05) is 5.16 Å². The van der Waals surface area contributed by atoms with E-state index in [-0.39, 0.29) is 0 Å². The Morgan fingerprint density at radius 3 is 2.65 bits per heavy atom. The highest BCUT2D eigenvalue weighted by Gasteiger charge is 2.13. The Kier molecular flexibility index (Phi) is 3.08. The zero-order chi connectivity index (χ0) is 13.9. The van der Waals surface area contributed by atoms with Gasteiger partial charge in [-0.15, -0.1) is 0 Å². The van der Waals surface area contributed by atoms with Gasteiger partial charge >= 0.3 is 0 Å². The molecule has 20 heavy (non-hydrogen) atoms. The van der Waals surface area contributed by atoms with Crippen molar-refractivity contribution in [1.29, 1.82) is 0 Å². The SMILES string of the molecule is COc1ccc(-c2noc(-c3ccn[nH]3)n2)cc1OC. The predicted molar refractivity (Wildman–Crippen MR) is 70.4 cm³/mol. The van der Waals surface area contributed by atoms with Crippen LogP contribution in [0.15, 0.2) is 35.0 Å². The van der Waals surface area contributed by atoms with Crippen molar-refractivity contribution in [2.24, 2.45) is 0 Å². The largest absolute Gasteiger partial charge is 0.493 e. The molecule has 0 fully saturated rings. The molecule has 1 N–H and O–H groups in total. The fourth-order valence-corrected chi connectivity index (χ4v) is 1.80. The lowest BCUT2D eigenvalue weighted by atomic mass is 10.2. The van der Waals surface area contributed by atoms with Crippen LogP contribution in [0.4, 0.5) is 0 Å². The maximum Gasteiger partial charge on any atom is 0.276 e. The van der Waals surface area contributed by atoms with E-state index in [2.05, 4.69) is 20.3 Å². The van der Waals surface area contributed by atoms with Crippen LogP contribution >= 0.6 is 0 Å². The summed E-state index contributed by atoms with van der Waals surface area (Å²) in [4.78, 5) is 4.31. The van der Waals surface area contributed by atoms with Gasteiger partial charge in [-0.3, -0.25) is 5.10 Å². The zero-order valence-corrected chi connectivity index (χ0v) is 11.0. The maximum absolute atomic E-state index is 5.25. The van der Waals surface area contributed by atoms with Gasteiger partial charge in [-0.05, 0) is 24.3 Å². The first kappa shape index (κ1) is 12.2. The van der Waals surface area contributed by atoms with Gasteiger partial charge in [0.2, 0.25) is 5.82 Å². The van der Waals surface area contributed by atoms with E-state index in [4.69, 9.17) is 14.0 Å². The lowest BCUT2D eigenvalue weighted by Gasteiger charge is -2.07. The van der Waals surface area contributed by atoms with Crippen LogP contribution in [-0.4, -0.2) is 34.6 Å². The minimum Gasteiger partial charge on any atom is -0.493 e. The molecule has 0 radical (unpaired) electrons. The Balaban J connectivity index is 1.97. The average Bonchev–Trinajstić information content (AvgIpc) is 3.16. The van der Waals surface area contributed by atoms with E-state index in [9.17, 15) is 0 Å². The van der Waals surface area contributed by atoms with E-state index in [0.717, 1.165) is 5.56 Å². The normalized spacial score (nSPS) is 10.5. The van der Waals surface area contributed by atoms with Crippen molar-refractivity contribution in [2.45, 2.75) is 0 Å². The fourth-order valence-electron chi connectivity index (χ4n) is 1.80. The van der Waals surface area contributed by atoms with Crippen LogP contribution in [0.25, 0.3) is 23.0 Å². The van der Waals surface area contributed by atoms with Crippen LogP contribution in [0.2, 0.25) is 0 Å². The molecule has 3 rings (SSSR count). The lowest BCUT2D eigenvalue weighted by molar-refractivity contribution is 0.355. The highest BCUT2D eigenvalue weighted by molar-refractivity contribution is 5.62. The number of aromatic nitrogens is 4. The summed E-state index contributed by atoms with van der Waals surface area (Å²) < 4.78 is 15.6. The molecular weight excluding hydrogens is 260 g/mol. The third-order valence-corrected chi connectivity index (χ3v) is 2.80. The Bertz CT molecular complexity index is 706. The first-order valence-electron chi connectivity index (χ1n) is 5.87. The van der Waals surface area contributed by atoms with E-state index in [1.165, 1.54) is 0 Å². The Labute approximate surface area is 114 Å². The molecule has 0 spiro atoms. The summed E-state index contributed by atoms with van der Waals surface area (Å²) in [5.74, 6) is 2.11. The van der Waals surface area contributed by atoms with Gasteiger partial charge < -0.3 is 14.0 Å². The smallest absolute Gasteiger partial charge is 0.276 e. The second-order valence-corrected chi connectivity index (χ2v) is 3.96. The van der Waals surface area contributed by atoms with Gasteiger partial charge in [-0.25, -0.2) is 0 Å². The summed E-state index contributed by atoms with van der Waals surface area (Å²) >= 11 is 0. The molecule has 7 nitrogen and oxygen atoms in total.